The predicted octanol–water partition coefficient (Wildman–Crippen LogP) is 4.24. The highest BCUT2D eigenvalue weighted by molar-refractivity contribution is 7.09. The van der Waals surface area contributed by atoms with Crippen molar-refractivity contribution in [3.63, 3.8) is 0 Å². The first-order valence-electron chi connectivity index (χ1n) is 11.4. The summed E-state index contributed by atoms with van der Waals surface area (Å²) < 4.78 is 5.25. The van der Waals surface area contributed by atoms with Crippen LogP contribution in [0.1, 0.15) is 55.8 Å². The van der Waals surface area contributed by atoms with E-state index in [-0.39, 0.29) is 0 Å². The summed E-state index contributed by atoms with van der Waals surface area (Å²) in [5.41, 5.74) is 2.51. The van der Waals surface area contributed by atoms with E-state index in [2.05, 4.69) is 58.8 Å². The van der Waals surface area contributed by atoms with Crippen molar-refractivity contribution < 1.29 is 4.74 Å². The molecule has 0 saturated carbocycles. The van der Waals surface area contributed by atoms with Crippen LogP contribution in [0.2, 0.25) is 0 Å². The Hall–Kier alpha value is -2.12. The number of nitrogens with one attached hydrogen (secondary N) is 2. The zero-order valence-electron chi connectivity index (χ0n) is 19.4. The Kier molecular flexibility index (Phi) is 9.15. The number of hydrogen-bond acceptors (Lipinski definition) is 5. The first-order chi connectivity index (χ1) is 15.1. The lowest BCUT2D eigenvalue weighted by Crippen LogP contribution is -2.42. The van der Waals surface area contributed by atoms with Crippen LogP contribution in [0.3, 0.4) is 0 Å². The number of guanidine groups is 1. The van der Waals surface area contributed by atoms with Gasteiger partial charge in [0.1, 0.15) is 10.8 Å². The molecule has 0 amide bonds. The second-order valence-electron chi connectivity index (χ2n) is 8.46. The molecule has 1 aromatic heterocycles. The van der Waals surface area contributed by atoms with Crippen molar-refractivity contribution in [3.05, 3.63) is 45.9 Å². The lowest BCUT2D eigenvalue weighted by Gasteiger charge is -2.32. The number of piperidine rings is 1. The van der Waals surface area contributed by atoms with Crippen LogP contribution in [0.5, 0.6) is 5.75 Å². The Morgan fingerprint density at radius 1 is 1.23 bits per heavy atom. The van der Waals surface area contributed by atoms with Crippen molar-refractivity contribution in [2.45, 2.75) is 52.6 Å². The summed E-state index contributed by atoms with van der Waals surface area (Å²) in [5, 5.41) is 10.1. The second kappa shape index (κ2) is 12.1. The van der Waals surface area contributed by atoms with E-state index >= 15 is 0 Å². The van der Waals surface area contributed by atoms with Gasteiger partial charge in [0, 0.05) is 25.0 Å². The van der Waals surface area contributed by atoms with Gasteiger partial charge in [-0.1, -0.05) is 26.0 Å². The maximum Gasteiger partial charge on any atom is 0.191 e. The molecular weight excluding hydrogens is 406 g/mol. The van der Waals surface area contributed by atoms with Crippen molar-refractivity contribution in [1.82, 2.24) is 20.5 Å². The fraction of sp³-hybridized carbons (Fsp3) is 0.583. The summed E-state index contributed by atoms with van der Waals surface area (Å²) in [4.78, 5) is 12.0. The van der Waals surface area contributed by atoms with Gasteiger partial charge < -0.3 is 15.4 Å². The van der Waals surface area contributed by atoms with E-state index in [0.29, 0.717) is 18.4 Å². The predicted molar refractivity (Wildman–Crippen MR) is 130 cm³/mol. The van der Waals surface area contributed by atoms with E-state index in [1.165, 1.54) is 18.4 Å². The number of methoxy groups -OCH3 is 1. The minimum absolute atomic E-state index is 0.468. The molecule has 31 heavy (non-hydrogen) atoms. The minimum Gasteiger partial charge on any atom is -0.497 e. The van der Waals surface area contributed by atoms with Crippen molar-refractivity contribution in [3.8, 4) is 5.75 Å². The Morgan fingerprint density at radius 2 is 1.97 bits per heavy atom. The Morgan fingerprint density at radius 3 is 2.58 bits per heavy atom. The third-order valence-electron chi connectivity index (χ3n) is 5.71. The van der Waals surface area contributed by atoms with E-state index in [1.54, 1.807) is 18.4 Å². The molecule has 1 aromatic carbocycles. The summed E-state index contributed by atoms with van der Waals surface area (Å²) in [7, 11) is 1.71. The highest BCUT2D eigenvalue weighted by atomic mass is 32.1. The van der Waals surface area contributed by atoms with E-state index < -0.39 is 0 Å². The van der Waals surface area contributed by atoms with Crippen molar-refractivity contribution >= 4 is 17.3 Å². The molecule has 0 atom stereocenters. The van der Waals surface area contributed by atoms with Gasteiger partial charge in [0.15, 0.2) is 5.96 Å². The summed E-state index contributed by atoms with van der Waals surface area (Å²) in [6, 6.07) is 8.42. The van der Waals surface area contributed by atoms with Crippen LogP contribution in [0.25, 0.3) is 0 Å². The smallest absolute Gasteiger partial charge is 0.191 e. The zero-order chi connectivity index (χ0) is 22.1. The molecule has 1 aliphatic rings. The van der Waals surface area contributed by atoms with Gasteiger partial charge in [-0.15, -0.1) is 11.3 Å². The van der Waals surface area contributed by atoms with E-state index in [9.17, 15) is 0 Å². The quantitative estimate of drug-likeness (QED) is 0.448. The van der Waals surface area contributed by atoms with E-state index in [4.69, 9.17) is 9.73 Å². The van der Waals surface area contributed by atoms with Crippen LogP contribution in [0.4, 0.5) is 0 Å². The average Bonchev–Trinajstić information content (AvgIpc) is 3.27. The number of rotatable bonds is 9. The van der Waals surface area contributed by atoms with Crippen LogP contribution >= 0.6 is 11.3 Å². The number of hydrogen-bond donors (Lipinski definition) is 2. The Balaban J connectivity index is 1.42. The summed E-state index contributed by atoms with van der Waals surface area (Å²) >= 11 is 1.70. The summed E-state index contributed by atoms with van der Waals surface area (Å²) in [6.07, 6.45) is 2.43. The van der Waals surface area contributed by atoms with Gasteiger partial charge in [0.25, 0.3) is 0 Å². The van der Waals surface area contributed by atoms with Gasteiger partial charge >= 0.3 is 0 Å². The summed E-state index contributed by atoms with van der Waals surface area (Å²) in [6.45, 7) is 12.2. The molecule has 1 saturated heterocycles. The lowest BCUT2D eigenvalue weighted by molar-refractivity contribution is 0.178. The molecule has 7 heteroatoms. The van der Waals surface area contributed by atoms with Gasteiger partial charge in [-0.05, 0) is 62.4 Å². The maximum atomic E-state index is 5.25. The van der Waals surface area contributed by atoms with E-state index in [0.717, 1.165) is 55.1 Å². The van der Waals surface area contributed by atoms with Gasteiger partial charge in [0.2, 0.25) is 0 Å². The molecule has 0 bridgehead atoms. The third kappa shape index (κ3) is 7.51. The van der Waals surface area contributed by atoms with E-state index in [1.807, 2.05) is 12.1 Å². The average molecular weight is 444 g/mol. The molecule has 0 aliphatic carbocycles. The molecule has 1 fully saturated rings. The third-order valence-corrected chi connectivity index (χ3v) is 6.56. The molecular formula is C24H37N5OS. The largest absolute Gasteiger partial charge is 0.497 e. The molecule has 6 nitrogen and oxygen atoms in total. The number of benzene rings is 1. The maximum absolute atomic E-state index is 5.25. The molecule has 0 radical (unpaired) electrons. The van der Waals surface area contributed by atoms with Crippen LogP contribution in [-0.4, -0.2) is 49.1 Å². The number of thiazole rings is 1. The van der Waals surface area contributed by atoms with Gasteiger partial charge in [-0.2, -0.15) is 0 Å². The van der Waals surface area contributed by atoms with Gasteiger partial charge in [0.05, 0.1) is 19.3 Å². The van der Waals surface area contributed by atoms with Crippen LogP contribution in [-0.2, 0) is 13.1 Å². The fourth-order valence-electron chi connectivity index (χ4n) is 3.73. The highest BCUT2D eigenvalue weighted by Gasteiger charge is 2.19. The number of aliphatic imine (C=N–C) groups is 1. The Labute approximate surface area is 191 Å². The molecule has 2 aromatic rings. The number of aromatic nitrogens is 1. The minimum atomic E-state index is 0.468. The fourth-order valence-corrected chi connectivity index (χ4v) is 4.61. The van der Waals surface area contributed by atoms with Crippen LogP contribution < -0.4 is 15.4 Å². The van der Waals surface area contributed by atoms with Gasteiger partial charge in [-0.25, -0.2) is 9.98 Å². The standard InChI is InChI=1S/C24H37N5OS/c1-5-25-24(27-15-23-28-22(17-31-23)18(2)3)26-14-19-10-12-29(13-11-19)16-20-6-8-21(30-4)9-7-20/h6-9,17-19H,5,10-16H2,1-4H3,(H2,25,26,27). The molecule has 2 heterocycles. The highest BCUT2D eigenvalue weighted by Crippen LogP contribution is 2.20. The molecule has 1 aliphatic heterocycles. The molecule has 0 spiro atoms. The normalized spacial score (nSPS) is 16.0. The topological polar surface area (TPSA) is 61.8 Å². The zero-order valence-corrected chi connectivity index (χ0v) is 20.2. The SMILES string of the molecule is CCNC(=NCc1nc(C(C)C)cs1)NCC1CCN(Cc2ccc(OC)cc2)CC1. The molecule has 170 valence electrons. The summed E-state index contributed by atoms with van der Waals surface area (Å²) in [5.74, 6) is 2.96. The molecule has 0 unspecified atom stereocenters. The first-order valence-corrected chi connectivity index (χ1v) is 12.3. The van der Waals surface area contributed by atoms with Gasteiger partial charge in [-0.3, -0.25) is 4.90 Å². The van der Waals surface area contributed by atoms with Crippen molar-refractivity contribution in [1.29, 1.82) is 0 Å². The van der Waals surface area contributed by atoms with Crippen molar-refractivity contribution in [2.75, 3.05) is 33.3 Å². The number of likely N-dealkylation sites (tertiary alicyclic amines) is 1. The second-order valence-corrected chi connectivity index (χ2v) is 9.41. The van der Waals surface area contributed by atoms with Crippen LogP contribution in [0.15, 0.2) is 34.6 Å². The van der Waals surface area contributed by atoms with Crippen molar-refractivity contribution in [2.24, 2.45) is 10.9 Å². The molecule has 3 rings (SSSR count). The monoisotopic (exact) mass is 443 g/mol. The number of ether oxygens (including phenoxy) is 1. The molecule has 2 N–H and O–H groups in total. The lowest BCUT2D eigenvalue weighted by atomic mass is 9.96. The Bertz CT molecular complexity index is 810. The van der Waals surface area contributed by atoms with Crippen LogP contribution in [0, 0.1) is 5.92 Å². The first kappa shape index (κ1) is 23.5. The number of nitrogens with zero attached hydrogens (tertiary/aromatic N) is 3.